The molecular formula is C15H19N3O. The lowest BCUT2D eigenvalue weighted by Crippen LogP contribution is -2.08. The second-order valence-corrected chi connectivity index (χ2v) is 4.40. The van der Waals surface area contributed by atoms with Gasteiger partial charge in [0.25, 0.3) is 0 Å². The summed E-state index contributed by atoms with van der Waals surface area (Å²) in [4.78, 5) is 4.29. The van der Waals surface area contributed by atoms with Gasteiger partial charge in [-0.25, -0.2) is 0 Å². The highest BCUT2D eigenvalue weighted by Crippen LogP contribution is 2.20. The number of benzene rings is 1. The molecule has 0 fully saturated rings. The molecule has 0 unspecified atom stereocenters. The Morgan fingerprint density at radius 3 is 2.74 bits per heavy atom. The van der Waals surface area contributed by atoms with Crippen molar-refractivity contribution in [2.75, 3.05) is 24.7 Å². The standard InChI is InChI=1S/C15H19N3O/c1-11-5-3-4-6-12(11)9-10-17-14-8-7-13(16)15(18-14)19-2/h3-8H,9-10,16H2,1-2H3,(H,17,18). The van der Waals surface area contributed by atoms with Gasteiger partial charge < -0.3 is 15.8 Å². The van der Waals surface area contributed by atoms with E-state index in [2.05, 4.69) is 41.5 Å². The smallest absolute Gasteiger partial charge is 0.238 e. The van der Waals surface area contributed by atoms with E-state index in [9.17, 15) is 0 Å². The molecule has 2 aromatic rings. The lowest BCUT2D eigenvalue weighted by molar-refractivity contribution is 0.401. The van der Waals surface area contributed by atoms with Crippen LogP contribution in [-0.4, -0.2) is 18.6 Å². The van der Waals surface area contributed by atoms with Gasteiger partial charge in [0.05, 0.1) is 12.8 Å². The van der Waals surface area contributed by atoms with Gasteiger partial charge in [0.1, 0.15) is 5.82 Å². The first-order valence-corrected chi connectivity index (χ1v) is 6.29. The maximum atomic E-state index is 5.72. The van der Waals surface area contributed by atoms with Gasteiger partial charge in [0, 0.05) is 6.54 Å². The summed E-state index contributed by atoms with van der Waals surface area (Å²) < 4.78 is 5.09. The summed E-state index contributed by atoms with van der Waals surface area (Å²) >= 11 is 0. The molecule has 0 amide bonds. The molecule has 1 aromatic heterocycles. The Morgan fingerprint density at radius 2 is 2.00 bits per heavy atom. The molecule has 3 N–H and O–H groups in total. The Morgan fingerprint density at radius 1 is 1.21 bits per heavy atom. The molecule has 0 spiro atoms. The van der Waals surface area contributed by atoms with Crippen LogP contribution in [0.15, 0.2) is 36.4 Å². The second kappa shape index (κ2) is 6.09. The number of hydrogen-bond acceptors (Lipinski definition) is 4. The summed E-state index contributed by atoms with van der Waals surface area (Å²) in [5.74, 6) is 1.24. The van der Waals surface area contributed by atoms with Crippen LogP contribution in [0.25, 0.3) is 0 Å². The minimum Gasteiger partial charge on any atom is -0.479 e. The first-order valence-electron chi connectivity index (χ1n) is 6.29. The molecule has 4 nitrogen and oxygen atoms in total. The predicted molar refractivity (Wildman–Crippen MR) is 78.6 cm³/mol. The summed E-state index contributed by atoms with van der Waals surface area (Å²) in [7, 11) is 1.57. The van der Waals surface area contributed by atoms with Gasteiger partial charge in [-0.15, -0.1) is 0 Å². The minimum atomic E-state index is 0.459. The van der Waals surface area contributed by atoms with Gasteiger partial charge in [-0.2, -0.15) is 4.98 Å². The van der Waals surface area contributed by atoms with Crippen molar-refractivity contribution in [2.45, 2.75) is 13.3 Å². The normalized spacial score (nSPS) is 10.2. The van der Waals surface area contributed by atoms with Crippen LogP contribution in [0, 0.1) is 6.92 Å². The molecule has 2 rings (SSSR count). The number of anilines is 2. The number of hydrogen-bond donors (Lipinski definition) is 2. The summed E-state index contributed by atoms with van der Waals surface area (Å²) in [5.41, 5.74) is 8.93. The number of aryl methyl sites for hydroxylation is 1. The van der Waals surface area contributed by atoms with Crippen molar-refractivity contribution in [2.24, 2.45) is 0 Å². The fraction of sp³-hybridized carbons (Fsp3) is 0.267. The molecule has 0 saturated carbocycles. The highest BCUT2D eigenvalue weighted by atomic mass is 16.5. The van der Waals surface area contributed by atoms with Gasteiger partial charge in [-0.05, 0) is 36.6 Å². The monoisotopic (exact) mass is 257 g/mol. The highest BCUT2D eigenvalue weighted by molar-refractivity contribution is 5.53. The molecule has 19 heavy (non-hydrogen) atoms. The van der Waals surface area contributed by atoms with Crippen LogP contribution in [0.5, 0.6) is 5.88 Å². The number of aromatic nitrogens is 1. The van der Waals surface area contributed by atoms with Crippen LogP contribution in [-0.2, 0) is 6.42 Å². The second-order valence-electron chi connectivity index (χ2n) is 4.40. The molecular weight excluding hydrogens is 238 g/mol. The van der Waals surface area contributed by atoms with E-state index in [4.69, 9.17) is 10.5 Å². The van der Waals surface area contributed by atoms with Gasteiger partial charge in [0.2, 0.25) is 5.88 Å². The van der Waals surface area contributed by atoms with Crippen LogP contribution >= 0.6 is 0 Å². The fourth-order valence-corrected chi connectivity index (χ4v) is 1.93. The molecule has 0 aliphatic rings. The van der Waals surface area contributed by atoms with E-state index in [1.807, 2.05) is 6.07 Å². The first kappa shape index (κ1) is 13.2. The SMILES string of the molecule is COc1nc(NCCc2ccccc2C)ccc1N. The van der Waals surface area contributed by atoms with Crippen LogP contribution in [0.3, 0.4) is 0 Å². The number of nitrogens with zero attached hydrogens (tertiary/aromatic N) is 1. The number of pyridine rings is 1. The van der Waals surface area contributed by atoms with Gasteiger partial charge >= 0.3 is 0 Å². The number of nitrogen functional groups attached to an aromatic ring is 1. The summed E-state index contributed by atoms with van der Waals surface area (Å²) in [6.07, 6.45) is 0.959. The topological polar surface area (TPSA) is 60.2 Å². The van der Waals surface area contributed by atoms with Crippen molar-refractivity contribution >= 4 is 11.5 Å². The Hall–Kier alpha value is -2.23. The van der Waals surface area contributed by atoms with Crippen molar-refractivity contribution in [3.05, 3.63) is 47.5 Å². The third-order valence-electron chi connectivity index (χ3n) is 3.04. The minimum absolute atomic E-state index is 0.459. The molecule has 0 aliphatic heterocycles. The van der Waals surface area contributed by atoms with E-state index in [0.717, 1.165) is 18.8 Å². The number of nitrogens with one attached hydrogen (secondary N) is 1. The van der Waals surface area contributed by atoms with E-state index >= 15 is 0 Å². The Balaban J connectivity index is 1.94. The Kier molecular flexibility index (Phi) is 4.23. The van der Waals surface area contributed by atoms with Crippen LogP contribution < -0.4 is 15.8 Å². The molecule has 0 atom stereocenters. The quantitative estimate of drug-likeness (QED) is 0.864. The number of ether oxygens (including phenoxy) is 1. The molecule has 4 heteroatoms. The maximum Gasteiger partial charge on any atom is 0.238 e. The highest BCUT2D eigenvalue weighted by Gasteiger charge is 2.03. The van der Waals surface area contributed by atoms with Crippen molar-refractivity contribution in [1.82, 2.24) is 4.98 Å². The van der Waals surface area contributed by atoms with E-state index in [1.165, 1.54) is 11.1 Å². The largest absolute Gasteiger partial charge is 0.479 e. The fourth-order valence-electron chi connectivity index (χ4n) is 1.93. The third kappa shape index (κ3) is 3.37. The Bertz CT molecular complexity index is 555. The van der Waals surface area contributed by atoms with Crippen molar-refractivity contribution in [3.63, 3.8) is 0 Å². The predicted octanol–water partition coefficient (Wildman–Crippen LogP) is 2.64. The summed E-state index contributed by atoms with van der Waals surface area (Å²) in [5, 5.41) is 3.28. The van der Waals surface area contributed by atoms with E-state index in [0.29, 0.717) is 11.6 Å². The summed E-state index contributed by atoms with van der Waals surface area (Å²) in [6, 6.07) is 12.0. The number of rotatable bonds is 5. The molecule has 0 bridgehead atoms. The average molecular weight is 257 g/mol. The van der Waals surface area contributed by atoms with E-state index < -0.39 is 0 Å². The molecule has 100 valence electrons. The van der Waals surface area contributed by atoms with Gasteiger partial charge in [-0.3, -0.25) is 0 Å². The van der Waals surface area contributed by atoms with E-state index in [-0.39, 0.29) is 0 Å². The zero-order chi connectivity index (χ0) is 13.7. The molecule has 1 aromatic carbocycles. The first-order chi connectivity index (χ1) is 9.20. The van der Waals surface area contributed by atoms with Crippen LogP contribution in [0.1, 0.15) is 11.1 Å². The van der Waals surface area contributed by atoms with Crippen molar-refractivity contribution in [3.8, 4) is 5.88 Å². The third-order valence-corrected chi connectivity index (χ3v) is 3.04. The zero-order valence-corrected chi connectivity index (χ0v) is 11.3. The zero-order valence-electron chi connectivity index (χ0n) is 11.3. The van der Waals surface area contributed by atoms with Crippen LogP contribution in [0.2, 0.25) is 0 Å². The summed E-state index contributed by atoms with van der Waals surface area (Å²) in [6.45, 7) is 2.95. The van der Waals surface area contributed by atoms with Gasteiger partial charge in [-0.1, -0.05) is 24.3 Å². The molecule has 1 heterocycles. The van der Waals surface area contributed by atoms with Crippen molar-refractivity contribution in [1.29, 1.82) is 0 Å². The molecule has 0 radical (unpaired) electrons. The van der Waals surface area contributed by atoms with Crippen LogP contribution in [0.4, 0.5) is 11.5 Å². The number of nitrogens with two attached hydrogens (primary N) is 1. The van der Waals surface area contributed by atoms with Crippen molar-refractivity contribution < 1.29 is 4.74 Å². The number of methoxy groups -OCH3 is 1. The lowest BCUT2D eigenvalue weighted by Gasteiger charge is -2.09. The van der Waals surface area contributed by atoms with E-state index in [1.54, 1.807) is 13.2 Å². The lowest BCUT2D eigenvalue weighted by atomic mass is 10.1. The molecule has 0 aliphatic carbocycles. The van der Waals surface area contributed by atoms with Gasteiger partial charge in [0.15, 0.2) is 0 Å². The Labute approximate surface area is 113 Å². The average Bonchev–Trinajstić information content (AvgIpc) is 2.43. The molecule has 0 saturated heterocycles. The maximum absolute atomic E-state index is 5.72.